The second-order valence-corrected chi connectivity index (χ2v) is 14.7. The number of amides is 1. The van der Waals surface area contributed by atoms with Crippen molar-refractivity contribution in [3.05, 3.63) is 23.3 Å². The molecule has 1 aliphatic heterocycles. The molecule has 2 bridgehead atoms. The van der Waals surface area contributed by atoms with Crippen LogP contribution in [-0.2, 0) is 30.0 Å². The molecule has 1 amide bonds. The Morgan fingerprint density at radius 2 is 1.91 bits per heavy atom. The first-order chi connectivity index (χ1) is 20.6. The minimum atomic E-state index is -0.980. The fourth-order valence-electron chi connectivity index (χ4n) is 6.89. The van der Waals surface area contributed by atoms with Gasteiger partial charge in [0.25, 0.3) is 0 Å². The molecule has 1 heterocycles. The van der Waals surface area contributed by atoms with Crippen LogP contribution in [0.15, 0.2) is 12.1 Å². The standard InChI is InChI=1S/C32H48BNO9S/c1-10-11-14-39-28(36)26-21(38-8)13-12-19(27(26)40-29(37)41-30(2,3)4)15-24(34-25(35)18-44-9)33-42-23-17-20-16-22(31(20,5)6)32(23,7)43-33/h12-13,20,22-24H,10-11,14-18H2,1-9H3,(H,34,35)/t20-,22-,23?,24-,32-/m0/s1. The lowest BCUT2D eigenvalue weighted by Crippen LogP contribution is -2.65. The third-order valence-electron chi connectivity index (χ3n) is 9.29. The van der Waals surface area contributed by atoms with Gasteiger partial charge in [-0.25, -0.2) is 9.59 Å². The average Bonchev–Trinajstić information content (AvgIpc) is 3.29. The summed E-state index contributed by atoms with van der Waals surface area (Å²) in [7, 11) is 0.679. The maximum atomic E-state index is 13.4. The van der Waals surface area contributed by atoms with Crippen molar-refractivity contribution in [2.75, 3.05) is 25.7 Å². The van der Waals surface area contributed by atoms with Gasteiger partial charge < -0.3 is 33.6 Å². The second kappa shape index (κ2) is 13.5. The zero-order chi connectivity index (χ0) is 32.4. The molecular weight excluding hydrogens is 585 g/mol. The highest BCUT2D eigenvalue weighted by Crippen LogP contribution is 2.65. The smallest absolute Gasteiger partial charge is 0.496 e. The lowest BCUT2D eigenvalue weighted by molar-refractivity contribution is -0.199. The van der Waals surface area contributed by atoms with E-state index in [-0.39, 0.29) is 53.3 Å². The lowest BCUT2D eigenvalue weighted by Gasteiger charge is -2.64. The molecule has 1 aromatic carbocycles. The first-order valence-electron chi connectivity index (χ1n) is 15.5. The van der Waals surface area contributed by atoms with E-state index in [4.69, 9.17) is 28.3 Å². The van der Waals surface area contributed by atoms with E-state index in [1.54, 1.807) is 32.9 Å². The van der Waals surface area contributed by atoms with Crippen molar-refractivity contribution in [1.29, 1.82) is 0 Å². The summed E-state index contributed by atoms with van der Waals surface area (Å²) in [6.07, 6.45) is 4.42. The molecule has 5 atom stereocenters. The summed E-state index contributed by atoms with van der Waals surface area (Å²) in [6, 6.07) is 3.34. The molecule has 1 unspecified atom stereocenters. The van der Waals surface area contributed by atoms with E-state index in [0.717, 1.165) is 19.3 Å². The molecule has 3 aliphatic carbocycles. The van der Waals surface area contributed by atoms with Crippen LogP contribution in [-0.4, -0.2) is 74.1 Å². The van der Waals surface area contributed by atoms with Gasteiger partial charge in [0.2, 0.25) is 5.91 Å². The summed E-state index contributed by atoms with van der Waals surface area (Å²) < 4.78 is 35.5. The maximum absolute atomic E-state index is 13.4. The molecule has 0 radical (unpaired) electrons. The van der Waals surface area contributed by atoms with E-state index in [1.165, 1.54) is 18.9 Å². The Balaban J connectivity index is 1.71. The Kier molecular flexibility index (Phi) is 10.6. The number of nitrogens with one attached hydrogen (secondary N) is 1. The number of carbonyl (C=O) groups excluding carboxylic acids is 3. The van der Waals surface area contributed by atoms with E-state index in [9.17, 15) is 14.4 Å². The summed E-state index contributed by atoms with van der Waals surface area (Å²) in [5.41, 5.74) is -0.741. The zero-order valence-electron chi connectivity index (χ0n) is 27.6. The summed E-state index contributed by atoms with van der Waals surface area (Å²) >= 11 is 1.41. The number of benzene rings is 1. The number of hydrogen-bond donors (Lipinski definition) is 1. The number of hydrogen-bond acceptors (Lipinski definition) is 10. The number of ether oxygens (including phenoxy) is 4. The van der Waals surface area contributed by atoms with Crippen molar-refractivity contribution in [1.82, 2.24) is 5.32 Å². The van der Waals surface area contributed by atoms with Gasteiger partial charge in [-0.1, -0.05) is 33.3 Å². The Hall–Kier alpha value is -2.44. The van der Waals surface area contributed by atoms with Crippen LogP contribution in [0.5, 0.6) is 11.5 Å². The van der Waals surface area contributed by atoms with Crippen LogP contribution in [0.1, 0.15) is 90.1 Å². The number of carbonyl (C=O) groups is 3. The average molecular weight is 634 g/mol. The topological polar surface area (TPSA) is 119 Å². The number of esters is 1. The normalized spacial score (nSPS) is 25.8. The number of unbranched alkanes of at least 4 members (excludes halogenated alkanes) is 1. The summed E-state index contributed by atoms with van der Waals surface area (Å²) in [6.45, 7) is 14.1. The van der Waals surface area contributed by atoms with Gasteiger partial charge in [0.1, 0.15) is 16.9 Å². The highest BCUT2D eigenvalue weighted by molar-refractivity contribution is 7.99. The molecule has 44 heavy (non-hydrogen) atoms. The minimum absolute atomic E-state index is 0.0300. The van der Waals surface area contributed by atoms with E-state index < -0.39 is 36.4 Å². The van der Waals surface area contributed by atoms with Crippen LogP contribution in [0.2, 0.25) is 0 Å². The van der Waals surface area contributed by atoms with Crippen LogP contribution in [0, 0.1) is 17.3 Å². The van der Waals surface area contributed by atoms with Gasteiger partial charge in [-0.3, -0.25) is 4.79 Å². The van der Waals surface area contributed by atoms with E-state index in [0.29, 0.717) is 23.8 Å². The Bertz CT molecular complexity index is 1230. The highest BCUT2D eigenvalue weighted by Gasteiger charge is 2.68. The van der Waals surface area contributed by atoms with Crippen molar-refractivity contribution in [3.63, 3.8) is 0 Å². The van der Waals surface area contributed by atoms with Crippen LogP contribution in [0.25, 0.3) is 0 Å². The Morgan fingerprint density at radius 1 is 1.18 bits per heavy atom. The maximum Gasteiger partial charge on any atom is 0.514 e. The number of rotatable bonds is 12. The van der Waals surface area contributed by atoms with Crippen LogP contribution in [0.3, 0.4) is 0 Å². The monoisotopic (exact) mass is 633 g/mol. The van der Waals surface area contributed by atoms with Gasteiger partial charge >= 0.3 is 19.2 Å². The van der Waals surface area contributed by atoms with Gasteiger partial charge in [0.05, 0.1) is 37.1 Å². The SMILES string of the molecule is CCCCOC(=O)c1c(OC)ccc(C[C@H](NC(=O)CSC)B2OC3C[C@@H]4C[C@@H](C4(C)C)[C@]3(C)O2)c1OC(=O)OC(C)(C)C. The van der Waals surface area contributed by atoms with Crippen molar-refractivity contribution >= 4 is 36.9 Å². The molecule has 3 saturated carbocycles. The number of methoxy groups -OCH3 is 1. The first kappa shape index (κ1) is 34.4. The van der Waals surface area contributed by atoms with Crippen LogP contribution < -0.4 is 14.8 Å². The van der Waals surface area contributed by atoms with Crippen molar-refractivity contribution in [2.45, 2.75) is 104 Å². The summed E-state index contributed by atoms with van der Waals surface area (Å²) in [4.78, 5) is 39.3. The Morgan fingerprint density at radius 3 is 2.52 bits per heavy atom. The quantitative estimate of drug-likeness (QED) is 0.134. The molecule has 10 nitrogen and oxygen atoms in total. The van der Waals surface area contributed by atoms with Gasteiger partial charge in [-0.05, 0) is 88.5 Å². The predicted molar refractivity (Wildman–Crippen MR) is 169 cm³/mol. The molecule has 0 spiro atoms. The van der Waals surface area contributed by atoms with Crippen molar-refractivity contribution < 1.29 is 42.6 Å². The molecule has 12 heteroatoms. The van der Waals surface area contributed by atoms with Gasteiger partial charge in [0.15, 0.2) is 5.75 Å². The molecule has 4 fully saturated rings. The lowest BCUT2D eigenvalue weighted by atomic mass is 9.43. The molecule has 4 aliphatic rings. The van der Waals surface area contributed by atoms with Crippen molar-refractivity contribution in [3.8, 4) is 11.5 Å². The van der Waals surface area contributed by atoms with Crippen LogP contribution >= 0.6 is 11.8 Å². The van der Waals surface area contributed by atoms with E-state index in [1.807, 2.05) is 13.2 Å². The van der Waals surface area contributed by atoms with E-state index in [2.05, 4.69) is 26.1 Å². The molecule has 244 valence electrons. The van der Waals surface area contributed by atoms with Crippen molar-refractivity contribution in [2.24, 2.45) is 17.3 Å². The second-order valence-electron chi connectivity index (χ2n) is 13.8. The highest BCUT2D eigenvalue weighted by atomic mass is 32.2. The van der Waals surface area contributed by atoms with Crippen LogP contribution in [0.4, 0.5) is 4.79 Å². The summed E-state index contributed by atoms with van der Waals surface area (Å²) in [5.74, 6) is -0.220. The molecule has 0 aromatic heterocycles. The zero-order valence-corrected chi connectivity index (χ0v) is 28.4. The third-order valence-corrected chi connectivity index (χ3v) is 9.84. The largest absolute Gasteiger partial charge is 0.514 e. The fourth-order valence-corrected chi connectivity index (χ4v) is 7.23. The fraction of sp³-hybridized carbons (Fsp3) is 0.719. The minimum Gasteiger partial charge on any atom is -0.496 e. The molecule has 5 rings (SSSR count). The predicted octanol–water partition coefficient (Wildman–Crippen LogP) is 5.62. The van der Waals surface area contributed by atoms with Gasteiger partial charge in [-0.15, -0.1) is 0 Å². The third kappa shape index (κ3) is 7.17. The molecule has 1 N–H and O–H groups in total. The van der Waals surface area contributed by atoms with Gasteiger partial charge in [0, 0.05) is 0 Å². The molecular formula is C32H48BNO9S. The van der Waals surface area contributed by atoms with E-state index >= 15 is 0 Å². The molecule has 1 saturated heterocycles. The Labute approximate surface area is 266 Å². The molecule has 1 aromatic rings. The summed E-state index contributed by atoms with van der Waals surface area (Å²) in [5, 5.41) is 3.09. The first-order valence-corrected chi connectivity index (χ1v) is 16.9. The van der Waals surface area contributed by atoms with Gasteiger partial charge in [-0.2, -0.15) is 11.8 Å². The number of thioether (sulfide) groups is 1.